The molecule has 0 aliphatic carbocycles. The predicted octanol–water partition coefficient (Wildman–Crippen LogP) is 3.12. The van der Waals surface area contributed by atoms with Crippen LogP contribution in [0.5, 0.6) is 0 Å². The van der Waals surface area contributed by atoms with E-state index in [4.69, 9.17) is 0 Å². The number of rotatable bonds is 5. The van der Waals surface area contributed by atoms with Crippen molar-refractivity contribution in [2.24, 2.45) is 0 Å². The number of nitrogens with zero attached hydrogens (tertiary/aromatic N) is 2. The molecule has 0 spiro atoms. The third-order valence-corrected chi connectivity index (χ3v) is 4.91. The fourth-order valence-corrected chi connectivity index (χ4v) is 3.45. The lowest BCUT2D eigenvalue weighted by atomic mass is 10.2. The lowest BCUT2D eigenvalue weighted by Gasteiger charge is -2.03. The third kappa shape index (κ3) is 4.46. The van der Waals surface area contributed by atoms with E-state index in [2.05, 4.69) is 25.6 Å². The molecule has 3 N–H and O–H groups in total. The second-order valence-electron chi connectivity index (χ2n) is 6.21. The first-order chi connectivity index (χ1) is 14.1. The minimum Gasteiger partial charge on any atom is -0.347 e. The van der Waals surface area contributed by atoms with Crippen LogP contribution in [0.2, 0.25) is 0 Å². The number of hydrogen-bond acceptors (Lipinski definition) is 5. The van der Waals surface area contributed by atoms with E-state index in [0.717, 1.165) is 22.4 Å². The van der Waals surface area contributed by atoms with Gasteiger partial charge in [0.25, 0.3) is 0 Å². The number of H-pyrrole nitrogens is 1. The minimum absolute atomic E-state index is 0.269. The molecule has 2 amide bonds. The van der Waals surface area contributed by atoms with Gasteiger partial charge in [-0.15, -0.1) is 11.3 Å². The number of amides is 2. The first kappa shape index (κ1) is 18.8. The van der Waals surface area contributed by atoms with Crippen LogP contribution in [-0.4, -0.2) is 33.3 Å². The molecule has 0 bridgehead atoms. The van der Waals surface area contributed by atoms with Crippen molar-refractivity contribution >= 4 is 39.3 Å². The standard InChI is InChI=1S/C20H16FN5O2S/c21-13-7-5-12(6-8-13)16-11-29-20(25-16)26-19(28)18(27)22-10-9-17-23-14-3-1-2-4-15(14)24-17/h1-8,11H,9-10H2,(H,22,27)(H,23,24)(H,25,26,28). The summed E-state index contributed by atoms with van der Waals surface area (Å²) in [4.78, 5) is 35.9. The van der Waals surface area contributed by atoms with Crippen LogP contribution < -0.4 is 10.6 Å². The summed E-state index contributed by atoms with van der Waals surface area (Å²) in [5.74, 6) is -1.15. The lowest BCUT2D eigenvalue weighted by molar-refractivity contribution is -0.136. The average Bonchev–Trinajstić information content (AvgIpc) is 3.35. The molecule has 0 saturated heterocycles. The number of benzene rings is 2. The predicted molar refractivity (Wildman–Crippen MR) is 109 cm³/mol. The molecule has 7 nitrogen and oxygen atoms in total. The van der Waals surface area contributed by atoms with Crippen LogP contribution in [0.1, 0.15) is 5.82 Å². The number of fused-ring (bicyclic) bond motifs is 1. The molecule has 0 radical (unpaired) electrons. The van der Waals surface area contributed by atoms with Crippen LogP contribution in [0.4, 0.5) is 9.52 Å². The highest BCUT2D eigenvalue weighted by molar-refractivity contribution is 7.14. The van der Waals surface area contributed by atoms with Crippen molar-refractivity contribution < 1.29 is 14.0 Å². The Labute approximate surface area is 169 Å². The Kier molecular flexibility index (Phi) is 5.30. The topological polar surface area (TPSA) is 99.8 Å². The summed E-state index contributed by atoms with van der Waals surface area (Å²) in [6.45, 7) is 0.269. The maximum absolute atomic E-state index is 13.0. The van der Waals surface area contributed by atoms with Crippen molar-refractivity contribution in [1.29, 1.82) is 0 Å². The van der Waals surface area contributed by atoms with E-state index in [1.807, 2.05) is 24.3 Å². The molecule has 146 valence electrons. The number of thiazole rings is 1. The summed E-state index contributed by atoms with van der Waals surface area (Å²) in [6.07, 6.45) is 0.472. The maximum atomic E-state index is 13.0. The lowest BCUT2D eigenvalue weighted by Crippen LogP contribution is -2.36. The van der Waals surface area contributed by atoms with Gasteiger partial charge in [-0.1, -0.05) is 12.1 Å². The molecule has 0 atom stereocenters. The van der Waals surface area contributed by atoms with Gasteiger partial charge in [-0.2, -0.15) is 0 Å². The summed E-state index contributed by atoms with van der Waals surface area (Å²) in [6, 6.07) is 13.5. The molecule has 2 aromatic heterocycles. The SMILES string of the molecule is O=C(NCCc1nc2ccccc2[nH]1)C(=O)Nc1nc(-c2ccc(F)cc2)cs1. The second kappa shape index (κ2) is 8.19. The van der Waals surface area contributed by atoms with Gasteiger partial charge in [-0.05, 0) is 36.4 Å². The fourth-order valence-electron chi connectivity index (χ4n) is 2.74. The van der Waals surface area contributed by atoms with Crippen molar-refractivity contribution in [2.45, 2.75) is 6.42 Å². The number of carbonyl (C=O) groups excluding carboxylic acids is 2. The van der Waals surface area contributed by atoms with E-state index in [1.54, 1.807) is 17.5 Å². The molecule has 4 rings (SSSR count). The Morgan fingerprint density at radius 3 is 2.62 bits per heavy atom. The van der Waals surface area contributed by atoms with E-state index in [1.165, 1.54) is 23.5 Å². The Balaban J connectivity index is 1.29. The zero-order chi connectivity index (χ0) is 20.2. The molecule has 29 heavy (non-hydrogen) atoms. The van der Waals surface area contributed by atoms with Gasteiger partial charge in [-0.3, -0.25) is 14.9 Å². The van der Waals surface area contributed by atoms with Crippen molar-refractivity contribution in [3.8, 4) is 11.3 Å². The molecular weight excluding hydrogens is 393 g/mol. The molecule has 0 saturated carbocycles. The van der Waals surface area contributed by atoms with Crippen molar-refractivity contribution in [3.05, 3.63) is 65.6 Å². The minimum atomic E-state index is -0.797. The quantitative estimate of drug-likeness (QED) is 0.441. The molecule has 0 aliphatic rings. The molecule has 9 heteroatoms. The number of carbonyl (C=O) groups is 2. The molecular formula is C20H16FN5O2S. The highest BCUT2D eigenvalue weighted by Gasteiger charge is 2.15. The summed E-state index contributed by atoms with van der Waals surface area (Å²) < 4.78 is 13.0. The molecule has 2 aromatic carbocycles. The molecule has 0 fully saturated rings. The Morgan fingerprint density at radius 1 is 1.03 bits per heavy atom. The van der Waals surface area contributed by atoms with Crippen LogP contribution in [-0.2, 0) is 16.0 Å². The number of nitrogens with one attached hydrogen (secondary N) is 3. The number of para-hydroxylation sites is 2. The molecule has 0 aliphatic heterocycles. The van der Waals surface area contributed by atoms with Crippen LogP contribution in [0.15, 0.2) is 53.9 Å². The summed E-state index contributed by atoms with van der Waals surface area (Å²) in [5.41, 5.74) is 3.09. The largest absolute Gasteiger partial charge is 0.347 e. The summed E-state index contributed by atoms with van der Waals surface area (Å²) >= 11 is 1.19. The second-order valence-corrected chi connectivity index (χ2v) is 7.06. The van der Waals surface area contributed by atoms with Crippen LogP contribution in [0.3, 0.4) is 0 Å². The van der Waals surface area contributed by atoms with Crippen molar-refractivity contribution in [1.82, 2.24) is 20.3 Å². The first-order valence-electron chi connectivity index (χ1n) is 8.83. The van der Waals surface area contributed by atoms with Gasteiger partial charge in [0.05, 0.1) is 16.7 Å². The summed E-state index contributed by atoms with van der Waals surface area (Å²) in [7, 11) is 0. The van der Waals surface area contributed by atoms with E-state index < -0.39 is 11.8 Å². The Bertz CT molecular complexity index is 1140. The van der Waals surface area contributed by atoms with E-state index in [0.29, 0.717) is 17.2 Å². The highest BCUT2D eigenvalue weighted by Crippen LogP contribution is 2.24. The highest BCUT2D eigenvalue weighted by atomic mass is 32.1. The number of imidazole rings is 1. The van der Waals surface area contributed by atoms with Gasteiger partial charge < -0.3 is 10.3 Å². The first-order valence-corrected chi connectivity index (χ1v) is 9.71. The number of hydrogen-bond donors (Lipinski definition) is 3. The zero-order valence-electron chi connectivity index (χ0n) is 15.1. The van der Waals surface area contributed by atoms with Gasteiger partial charge in [-0.25, -0.2) is 14.4 Å². The Morgan fingerprint density at radius 2 is 1.83 bits per heavy atom. The molecule has 0 unspecified atom stereocenters. The van der Waals surface area contributed by atoms with Gasteiger partial charge in [0.15, 0.2) is 5.13 Å². The fraction of sp³-hybridized carbons (Fsp3) is 0.100. The van der Waals surface area contributed by atoms with Gasteiger partial charge in [0.1, 0.15) is 11.6 Å². The van der Waals surface area contributed by atoms with Crippen LogP contribution in [0, 0.1) is 5.82 Å². The van der Waals surface area contributed by atoms with Crippen molar-refractivity contribution in [2.75, 3.05) is 11.9 Å². The number of aromatic amines is 1. The monoisotopic (exact) mass is 409 g/mol. The zero-order valence-corrected chi connectivity index (χ0v) is 15.9. The van der Waals surface area contributed by atoms with Crippen LogP contribution in [0.25, 0.3) is 22.3 Å². The third-order valence-electron chi connectivity index (χ3n) is 4.16. The number of halogens is 1. The van der Waals surface area contributed by atoms with Gasteiger partial charge >= 0.3 is 11.8 Å². The maximum Gasteiger partial charge on any atom is 0.315 e. The van der Waals surface area contributed by atoms with E-state index in [-0.39, 0.29) is 12.4 Å². The average molecular weight is 409 g/mol. The van der Waals surface area contributed by atoms with Crippen molar-refractivity contribution in [3.63, 3.8) is 0 Å². The molecule has 2 heterocycles. The summed E-state index contributed by atoms with van der Waals surface area (Å²) in [5, 5.41) is 7.05. The Hall–Kier alpha value is -3.59. The normalized spacial score (nSPS) is 10.8. The number of anilines is 1. The molecule has 4 aromatic rings. The van der Waals surface area contributed by atoms with Gasteiger partial charge in [0.2, 0.25) is 0 Å². The van der Waals surface area contributed by atoms with E-state index >= 15 is 0 Å². The number of aromatic nitrogens is 3. The van der Waals surface area contributed by atoms with Gasteiger partial charge in [0, 0.05) is 23.9 Å². The smallest absolute Gasteiger partial charge is 0.315 e. The van der Waals surface area contributed by atoms with Crippen LogP contribution >= 0.6 is 11.3 Å². The van der Waals surface area contributed by atoms with E-state index in [9.17, 15) is 14.0 Å².